The molecule has 26 heavy (non-hydrogen) atoms. The summed E-state index contributed by atoms with van der Waals surface area (Å²) in [5, 5.41) is 6.53. The molecule has 1 aromatic rings. The number of hydrogen-bond donors (Lipinski definition) is 2. The summed E-state index contributed by atoms with van der Waals surface area (Å²) in [4.78, 5) is 4.21. The van der Waals surface area contributed by atoms with Gasteiger partial charge in [0.25, 0.3) is 0 Å². The van der Waals surface area contributed by atoms with Crippen LogP contribution in [0.3, 0.4) is 0 Å². The Balaban J connectivity index is 2.20. The standard InChI is InChI=1S/C19H28F3N3O/c1-14(2)12-24-17(23-3)25-13-18(7-9-26-10-8-18)15-5-4-6-16(11-15)19(20,21)22/h4-6,11,14H,7-10,12-13H2,1-3H3,(H2,23,24,25). The van der Waals surface area contributed by atoms with Crippen molar-refractivity contribution in [2.24, 2.45) is 10.9 Å². The average molecular weight is 371 g/mol. The maximum Gasteiger partial charge on any atom is 0.416 e. The molecule has 146 valence electrons. The highest BCUT2D eigenvalue weighted by molar-refractivity contribution is 5.79. The summed E-state index contributed by atoms with van der Waals surface area (Å²) < 4.78 is 44.9. The van der Waals surface area contributed by atoms with Crippen LogP contribution in [0.5, 0.6) is 0 Å². The molecule has 0 atom stereocenters. The van der Waals surface area contributed by atoms with E-state index in [9.17, 15) is 13.2 Å². The molecule has 0 unspecified atom stereocenters. The highest BCUT2D eigenvalue weighted by Crippen LogP contribution is 2.37. The van der Waals surface area contributed by atoms with Crippen LogP contribution in [0.4, 0.5) is 13.2 Å². The number of hydrogen-bond acceptors (Lipinski definition) is 2. The van der Waals surface area contributed by atoms with Crippen LogP contribution in [0, 0.1) is 5.92 Å². The third-order valence-electron chi connectivity index (χ3n) is 4.75. The van der Waals surface area contributed by atoms with E-state index in [2.05, 4.69) is 29.5 Å². The zero-order chi connectivity index (χ0) is 19.2. The van der Waals surface area contributed by atoms with E-state index >= 15 is 0 Å². The van der Waals surface area contributed by atoms with Crippen molar-refractivity contribution in [3.63, 3.8) is 0 Å². The van der Waals surface area contributed by atoms with E-state index in [0.717, 1.165) is 12.6 Å². The van der Waals surface area contributed by atoms with Gasteiger partial charge in [-0.2, -0.15) is 13.2 Å². The summed E-state index contributed by atoms with van der Waals surface area (Å²) >= 11 is 0. The molecule has 2 N–H and O–H groups in total. The quantitative estimate of drug-likeness (QED) is 0.614. The normalized spacial score (nSPS) is 18.0. The van der Waals surface area contributed by atoms with E-state index in [1.54, 1.807) is 13.1 Å². The summed E-state index contributed by atoms with van der Waals surface area (Å²) in [5.74, 6) is 1.13. The topological polar surface area (TPSA) is 45.7 Å². The first-order valence-corrected chi connectivity index (χ1v) is 8.97. The lowest BCUT2D eigenvalue weighted by atomic mass is 9.73. The zero-order valence-electron chi connectivity index (χ0n) is 15.6. The Hall–Kier alpha value is -1.76. The smallest absolute Gasteiger partial charge is 0.381 e. The predicted octanol–water partition coefficient (Wildman–Crippen LogP) is 3.57. The fraction of sp³-hybridized carbons (Fsp3) is 0.632. The molecule has 0 spiro atoms. The molecule has 0 aromatic heterocycles. The summed E-state index contributed by atoms with van der Waals surface area (Å²) in [5.41, 5.74) is -0.319. The molecular weight excluding hydrogens is 343 g/mol. The molecule has 1 fully saturated rings. The highest BCUT2D eigenvalue weighted by atomic mass is 19.4. The van der Waals surface area contributed by atoms with Crippen molar-refractivity contribution in [2.75, 3.05) is 33.4 Å². The monoisotopic (exact) mass is 371 g/mol. The van der Waals surface area contributed by atoms with Gasteiger partial charge < -0.3 is 15.4 Å². The Morgan fingerprint density at radius 1 is 1.23 bits per heavy atom. The van der Waals surface area contributed by atoms with Gasteiger partial charge in [0.2, 0.25) is 0 Å². The van der Waals surface area contributed by atoms with Crippen molar-refractivity contribution in [1.82, 2.24) is 10.6 Å². The molecule has 1 aliphatic rings. The minimum absolute atomic E-state index is 0.408. The first kappa shape index (κ1) is 20.6. The SMILES string of the molecule is CN=C(NCC(C)C)NCC1(c2cccc(C(F)(F)F)c2)CCOCC1. The number of alkyl halides is 3. The number of rotatable bonds is 5. The molecule has 1 aliphatic heterocycles. The summed E-state index contributed by atoms with van der Waals surface area (Å²) in [7, 11) is 1.69. The lowest BCUT2D eigenvalue weighted by Gasteiger charge is -2.38. The van der Waals surface area contributed by atoms with Gasteiger partial charge in [0.15, 0.2) is 5.96 Å². The van der Waals surface area contributed by atoms with Gasteiger partial charge in [0.05, 0.1) is 5.56 Å². The lowest BCUT2D eigenvalue weighted by Crippen LogP contribution is -2.48. The lowest BCUT2D eigenvalue weighted by molar-refractivity contribution is -0.137. The van der Waals surface area contributed by atoms with E-state index < -0.39 is 17.2 Å². The Morgan fingerprint density at radius 3 is 2.50 bits per heavy atom. The number of guanidine groups is 1. The third kappa shape index (κ3) is 5.37. The van der Waals surface area contributed by atoms with Crippen LogP contribution in [0.15, 0.2) is 29.3 Å². The Labute approximate surface area is 153 Å². The molecule has 7 heteroatoms. The zero-order valence-corrected chi connectivity index (χ0v) is 15.6. The third-order valence-corrected chi connectivity index (χ3v) is 4.75. The van der Waals surface area contributed by atoms with Crippen molar-refractivity contribution in [2.45, 2.75) is 38.3 Å². The number of halogens is 3. The van der Waals surface area contributed by atoms with Gasteiger partial charge in [-0.3, -0.25) is 4.99 Å². The molecule has 0 bridgehead atoms. The first-order valence-electron chi connectivity index (χ1n) is 8.97. The number of benzene rings is 1. The largest absolute Gasteiger partial charge is 0.416 e. The first-order chi connectivity index (χ1) is 12.3. The molecule has 1 aromatic carbocycles. The van der Waals surface area contributed by atoms with Crippen LogP contribution in [-0.4, -0.2) is 39.3 Å². The second kappa shape index (κ2) is 8.75. The van der Waals surface area contributed by atoms with Gasteiger partial charge in [-0.1, -0.05) is 32.0 Å². The minimum atomic E-state index is -4.34. The fourth-order valence-electron chi connectivity index (χ4n) is 3.13. The van der Waals surface area contributed by atoms with Gasteiger partial charge in [0.1, 0.15) is 0 Å². The Bertz CT molecular complexity index is 608. The van der Waals surface area contributed by atoms with E-state index in [1.165, 1.54) is 12.1 Å². The number of nitrogens with zero attached hydrogens (tertiary/aromatic N) is 1. The molecule has 0 aliphatic carbocycles. The molecule has 0 amide bonds. The summed E-state index contributed by atoms with van der Waals surface area (Å²) in [6.45, 7) is 6.56. The van der Waals surface area contributed by atoms with Crippen molar-refractivity contribution in [1.29, 1.82) is 0 Å². The van der Waals surface area contributed by atoms with Gasteiger partial charge >= 0.3 is 6.18 Å². The van der Waals surface area contributed by atoms with E-state index in [1.807, 2.05) is 0 Å². The molecule has 1 saturated heterocycles. The van der Waals surface area contributed by atoms with Crippen LogP contribution < -0.4 is 10.6 Å². The Kier molecular flexibility index (Phi) is 6.92. The fourth-order valence-corrected chi connectivity index (χ4v) is 3.13. The van der Waals surface area contributed by atoms with Gasteiger partial charge in [-0.15, -0.1) is 0 Å². The second-order valence-corrected chi connectivity index (χ2v) is 7.17. The number of aliphatic imine (C=N–C) groups is 1. The van der Waals surface area contributed by atoms with Crippen molar-refractivity contribution < 1.29 is 17.9 Å². The number of nitrogens with one attached hydrogen (secondary N) is 2. The molecule has 2 rings (SSSR count). The summed E-state index contributed by atoms with van der Waals surface area (Å²) in [6.07, 6.45) is -3.00. The van der Waals surface area contributed by atoms with E-state index in [0.29, 0.717) is 50.0 Å². The average Bonchev–Trinajstić information content (AvgIpc) is 2.62. The minimum Gasteiger partial charge on any atom is -0.381 e. The maximum atomic E-state index is 13.1. The van der Waals surface area contributed by atoms with Crippen LogP contribution in [-0.2, 0) is 16.3 Å². The molecule has 0 saturated carbocycles. The van der Waals surface area contributed by atoms with Crippen molar-refractivity contribution in [3.05, 3.63) is 35.4 Å². The molecule has 4 nitrogen and oxygen atoms in total. The van der Waals surface area contributed by atoms with Crippen LogP contribution in [0.2, 0.25) is 0 Å². The molecule has 1 heterocycles. The highest BCUT2D eigenvalue weighted by Gasteiger charge is 2.37. The predicted molar refractivity (Wildman–Crippen MR) is 97.4 cm³/mol. The Morgan fingerprint density at radius 2 is 1.92 bits per heavy atom. The van der Waals surface area contributed by atoms with Crippen LogP contribution >= 0.6 is 0 Å². The van der Waals surface area contributed by atoms with Crippen LogP contribution in [0.1, 0.15) is 37.8 Å². The summed E-state index contributed by atoms with van der Waals surface area (Å²) in [6, 6.07) is 5.66. The maximum absolute atomic E-state index is 13.1. The van der Waals surface area contributed by atoms with E-state index in [4.69, 9.17) is 4.74 Å². The van der Waals surface area contributed by atoms with E-state index in [-0.39, 0.29) is 0 Å². The molecular formula is C19H28F3N3O. The van der Waals surface area contributed by atoms with Crippen molar-refractivity contribution in [3.8, 4) is 0 Å². The molecule has 0 radical (unpaired) electrons. The van der Waals surface area contributed by atoms with Gasteiger partial charge in [0, 0.05) is 38.8 Å². The van der Waals surface area contributed by atoms with Crippen LogP contribution in [0.25, 0.3) is 0 Å². The van der Waals surface area contributed by atoms with Gasteiger partial charge in [-0.05, 0) is 30.4 Å². The van der Waals surface area contributed by atoms with Gasteiger partial charge in [-0.25, -0.2) is 0 Å². The van der Waals surface area contributed by atoms with Crippen molar-refractivity contribution >= 4 is 5.96 Å². The second-order valence-electron chi connectivity index (χ2n) is 7.17. The number of ether oxygens (including phenoxy) is 1.